The number of hydrogen-bond donors (Lipinski definition) is 1. The topological polar surface area (TPSA) is 66.8 Å². The lowest BCUT2D eigenvalue weighted by molar-refractivity contribution is 0.244. The summed E-state index contributed by atoms with van der Waals surface area (Å²) >= 11 is 5.99. The number of halogens is 1. The first-order valence-electron chi connectivity index (χ1n) is 8.63. The summed E-state index contributed by atoms with van der Waals surface area (Å²) < 4.78 is 0. The Hall–Kier alpha value is -2.57. The van der Waals surface area contributed by atoms with Crippen LogP contribution in [0.4, 0.5) is 11.9 Å². The van der Waals surface area contributed by atoms with Crippen LogP contribution in [0.1, 0.15) is 30.1 Å². The Kier molecular flexibility index (Phi) is 5.04. The van der Waals surface area contributed by atoms with E-state index in [-0.39, 0.29) is 6.04 Å². The third-order valence-corrected chi connectivity index (χ3v) is 4.72. The van der Waals surface area contributed by atoms with Crippen molar-refractivity contribution in [3.8, 4) is 0 Å². The molecule has 0 radical (unpaired) electrons. The van der Waals surface area contributed by atoms with Crippen molar-refractivity contribution in [1.29, 1.82) is 0 Å². The van der Waals surface area contributed by atoms with E-state index in [9.17, 15) is 0 Å². The molecule has 1 aliphatic heterocycles. The highest BCUT2D eigenvalue weighted by Gasteiger charge is 2.27. The number of nitrogens with zero attached hydrogens (tertiary/aromatic N) is 5. The summed E-state index contributed by atoms with van der Waals surface area (Å²) in [4.78, 5) is 19.7. The van der Waals surface area contributed by atoms with Crippen molar-refractivity contribution >= 4 is 23.5 Å². The summed E-state index contributed by atoms with van der Waals surface area (Å²) in [5, 5.41) is 3.83. The van der Waals surface area contributed by atoms with Gasteiger partial charge in [0.1, 0.15) is 0 Å². The summed E-state index contributed by atoms with van der Waals surface area (Å²) in [6, 6.07) is 12.1. The van der Waals surface area contributed by atoms with Gasteiger partial charge in [-0.15, -0.1) is 0 Å². The summed E-state index contributed by atoms with van der Waals surface area (Å²) in [7, 11) is 0. The SMILES string of the molecule is Clc1ccc(CN2CCCC2c2ccnc(Nc3ncccn3)n2)cc1. The molecule has 0 bridgehead atoms. The van der Waals surface area contributed by atoms with Crippen LogP contribution in [0.5, 0.6) is 0 Å². The van der Waals surface area contributed by atoms with Crippen LogP contribution in [-0.4, -0.2) is 31.4 Å². The van der Waals surface area contributed by atoms with Crippen LogP contribution in [0, 0.1) is 0 Å². The summed E-state index contributed by atoms with van der Waals surface area (Å²) in [6.07, 6.45) is 7.40. The Balaban J connectivity index is 1.50. The summed E-state index contributed by atoms with van der Waals surface area (Å²) in [5.74, 6) is 1.01. The van der Waals surface area contributed by atoms with Gasteiger partial charge in [-0.1, -0.05) is 23.7 Å². The first kappa shape index (κ1) is 16.9. The van der Waals surface area contributed by atoms with Gasteiger partial charge in [-0.05, 0) is 49.2 Å². The number of hydrogen-bond acceptors (Lipinski definition) is 6. The quantitative estimate of drug-likeness (QED) is 0.736. The van der Waals surface area contributed by atoms with E-state index in [0.29, 0.717) is 11.9 Å². The minimum atomic E-state index is 0.283. The second-order valence-corrected chi connectivity index (χ2v) is 6.69. The Morgan fingerprint density at radius 3 is 2.58 bits per heavy atom. The second kappa shape index (κ2) is 7.76. The highest BCUT2D eigenvalue weighted by molar-refractivity contribution is 6.30. The first-order chi connectivity index (χ1) is 12.8. The van der Waals surface area contributed by atoms with E-state index in [4.69, 9.17) is 16.6 Å². The number of likely N-dealkylation sites (tertiary alicyclic amines) is 1. The predicted octanol–water partition coefficient (Wildman–Crippen LogP) is 4.00. The fraction of sp³-hybridized carbons (Fsp3) is 0.263. The molecule has 4 rings (SSSR count). The average Bonchev–Trinajstić information content (AvgIpc) is 3.13. The highest BCUT2D eigenvalue weighted by Crippen LogP contribution is 2.32. The first-order valence-corrected chi connectivity index (χ1v) is 9.01. The van der Waals surface area contributed by atoms with Gasteiger partial charge in [0, 0.05) is 30.2 Å². The molecule has 1 saturated heterocycles. The van der Waals surface area contributed by atoms with Crippen molar-refractivity contribution in [2.45, 2.75) is 25.4 Å². The van der Waals surface area contributed by atoms with Crippen LogP contribution in [0.2, 0.25) is 5.02 Å². The van der Waals surface area contributed by atoms with Crippen molar-refractivity contribution in [3.05, 3.63) is 71.3 Å². The molecule has 0 spiro atoms. The molecule has 2 aromatic heterocycles. The molecule has 3 aromatic rings. The zero-order valence-corrected chi connectivity index (χ0v) is 15.0. The summed E-state index contributed by atoms with van der Waals surface area (Å²) in [5.41, 5.74) is 2.27. The molecule has 7 heteroatoms. The monoisotopic (exact) mass is 366 g/mol. The number of nitrogens with one attached hydrogen (secondary N) is 1. The number of anilines is 2. The van der Waals surface area contributed by atoms with Crippen molar-refractivity contribution in [2.75, 3.05) is 11.9 Å². The molecular formula is C19H19ClN6. The smallest absolute Gasteiger partial charge is 0.229 e. The fourth-order valence-corrected chi connectivity index (χ4v) is 3.38. The van der Waals surface area contributed by atoms with Crippen LogP contribution in [0.3, 0.4) is 0 Å². The van der Waals surface area contributed by atoms with Crippen LogP contribution in [-0.2, 0) is 6.54 Å². The highest BCUT2D eigenvalue weighted by atomic mass is 35.5. The van der Waals surface area contributed by atoms with Crippen molar-refractivity contribution in [3.63, 3.8) is 0 Å². The van der Waals surface area contributed by atoms with Gasteiger partial charge >= 0.3 is 0 Å². The van der Waals surface area contributed by atoms with Crippen molar-refractivity contribution in [2.24, 2.45) is 0 Å². The van der Waals surface area contributed by atoms with E-state index in [1.165, 1.54) is 5.56 Å². The maximum absolute atomic E-state index is 5.99. The van der Waals surface area contributed by atoms with Gasteiger partial charge < -0.3 is 0 Å². The molecule has 0 saturated carbocycles. The third kappa shape index (κ3) is 3.98. The molecule has 0 aliphatic carbocycles. The molecule has 132 valence electrons. The lowest BCUT2D eigenvalue weighted by atomic mass is 10.1. The normalized spacial score (nSPS) is 17.3. The fourth-order valence-electron chi connectivity index (χ4n) is 3.26. The lowest BCUT2D eigenvalue weighted by Crippen LogP contribution is -2.23. The van der Waals surface area contributed by atoms with Crippen LogP contribution in [0.25, 0.3) is 0 Å². The minimum Gasteiger partial charge on any atom is -0.293 e. The molecule has 26 heavy (non-hydrogen) atoms. The van der Waals surface area contributed by atoms with Gasteiger partial charge in [0.05, 0.1) is 11.7 Å². The Bertz CT molecular complexity index is 855. The molecule has 1 N–H and O–H groups in total. The molecule has 1 atom stereocenters. The maximum atomic E-state index is 5.99. The maximum Gasteiger partial charge on any atom is 0.229 e. The molecular weight excluding hydrogens is 348 g/mol. The molecule has 3 heterocycles. The van der Waals surface area contributed by atoms with Crippen molar-refractivity contribution < 1.29 is 0 Å². The zero-order chi connectivity index (χ0) is 17.8. The largest absolute Gasteiger partial charge is 0.293 e. The van der Waals surface area contributed by atoms with Gasteiger partial charge in [0.25, 0.3) is 0 Å². The van der Waals surface area contributed by atoms with E-state index >= 15 is 0 Å². The van der Waals surface area contributed by atoms with Gasteiger partial charge in [-0.25, -0.2) is 19.9 Å². The molecule has 1 unspecified atom stereocenters. The molecule has 0 amide bonds. The average molecular weight is 367 g/mol. The Labute approximate surface area is 157 Å². The lowest BCUT2D eigenvalue weighted by Gasteiger charge is -2.24. The van der Waals surface area contributed by atoms with Crippen molar-refractivity contribution in [1.82, 2.24) is 24.8 Å². The van der Waals surface area contributed by atoms with E-state index in [0.717, 1.165) is 36.6 Å². The standard InChI is InChI=1S/C19H19ClN6/c20-15-6-4-14(5-7-15)13-26-12-1-3-17(26)16-8-11-23-19(24-16)25-18-21-9-2-10-22-18/h2,4-11,17H,1,3,12-13H2,(H,21,22,23,24,25). The number of benzene rings is 1. The Morgan fingerprint density at radius 1 is 1.00 bits per heavy atom. The van der Waals surface area contributed by atoms with Gasteiger partial charge in [-0.2, -0.15) is 0 Å². The molecule has 6 nitrogen and oxygen atoms in total. The van der Waals surface area contributed by atoms with E-state index in [1.54, 1.807) is 24.7 Å². The molecule has 1 fully saturated rings. The second-order valence-electron chi connectivity index (χ2n) is 6.26. The van der Waals surface area contributed by atoms with E-state index in [2.05, 4.69) is 37.3 Å². The molecule has 1 aromatic carbocycles. The Morgan fingerprint density at radius 2 is 1.77 bits per heavy atom. The van der Waals surface area contributed by atoms with E-state index in [1.807, 2.05) is 18.2 Å². The summed E-state index contributed by atoms with van der Waals surface area (Å²) in [6.45, 7) is 1.94. The van der Waals surface area contributed by atoms with Gasteiger partial charge in [0.2, 0.25) is 11.9 Å². The van der Waals surface area contributed by atoms with Crippen LogP contribution in [0.15, 0.2) is 55.0 Å². The minimum absolute atomic E-state index is 0.283. The van der Waals surface area contributed by atoms with Gasteiger partial charge in [-0.3, -0.25) is 10.2 Å². The van der Waals surface area contributed by atoms with Crippen LogP contribution < -0.4 is 5.32 Å². The zero-order valence-electron chi connectivity index (χ0n) is 14.2. The number of aromatic nitrogens is 4. The van der Waals surface area contributed by atoms with Crippen LogP contribution >= 0.6 is 11.6 Å². The van der Waals surface area contributed by atoms with E-state index < -0.39 is 0 Å². The third-order valence-electron chi connectivity index (χ3n) is 4.47. The predicted molar refractivity (Wildman–Crippen MR) is 101 cm³/mol. The van der Waals surface area contributed by atoms with Gasteiger partial charge in [0.15, 0.2) is 0 Å². The molecule has 1 aliphatic rings. The number of rotatable bonds is 5.